The predicted molar refractivity (Wildman–Crippen MR) is 50.5 cm³/mol. The summed E-state index contributed by atoms with van der Waals surface area (Å²) in [5.74, 6) is 0. The van der Waals surface area contributed by atoms with Gasteiger partial charge in [-0.05, 0) is 11.6 Å². The van der Waals surface area contributed by atoms with E-state index in [-0.39, 0.29) is 0 Å². The number of rotatable bonds is 2. The van der Waals surface area contributed by atoms with Crippen molar-refractivity contribution in [3.63, 3.8) is 0 Å². The van der Waals surface area contributed by atoms with Crippen molar-refractivity contribution in [1.82, 2.24) is 0 Å². The first-order valence-electron chi connectivity index (χ1n) is 4.18. The number of hydrogen-bond acceptors (Lipinski definition) is 3. The summed E-state index contributed by atoms with van der Waals surface area (Å²) in [6, 6.07) is 3.08. The fourth-order valence-corrected chi connectivity index (χ4v) is 2.28. The molecule has 0 heterocycles. The summed E-state index contributed by atoms with van der Waals surface area (Å²) in [5, 5.41) is 8.78. The van der Waals surface area contributed by atoms with Crippen LogP contribution < -0.4 is 0 Å². The molecule has 0 saturated carbocycles. The van der Waals surface area contributed by atoms with Gasteiger partial charge in [-0.15, -0.1) is 0 Å². The lowest BCUT2D eigenvalue weighted by atomic mass is 10.1. The van der Waals surface area contributed by atoms with Gasteiger partial charge in [-0.3, -0.25) is 0 Å². The topological polar surface area (TPSA) is 54.4 Å². The lowest BCUT2D eigenvalue weighted by Crippen LogP contribution is -2.15. The SMILES string of the molecule is CS(=O)(=O)c1cccc(CO)c1C(F)(F)F. The highest BCUT2D eigenvalue weighted by molar-refractivity contribution is 7.90. The molecule has 0 aliphatic heterocycles. The Morgan fingerprint density at radius 1 is 1.31 bits per heavy atom. The van der Waals surface area contributed by atoms with Gasteiger partial charge in [0.25, 0.3) is 0 Å². The molecule has 0 spiro atoms. The highest BCUT2D eigenvalue weighted by Crippen LogP contribution is 2.36. The van der Waals surface area contributed by atoms with Gasteiger partial charge in [0.1, 0.15) is 0 Å². The van der Waals surface area contributed by atoms with E-state index in [0.29, 0.717) is 6.26 Å². The maximum absolute atomic E-state index is 12.7. The molecular weight excluding hydrogens is 245 g/mol. The highest BCUT2D eigenvalue weighted by atomic mass is 32.2. The molecule has 1 aromatic rings. The minimum Gasteiger partial charge on any atom is -0.392 e. The van der Waals surface area contributed by atoms with Crippen molar-refractivity contribution in [3.8, 4) is 0 Å². The zero-order valence-corrected chi connectivity index (χ0v) is 9.06. The van der Waals surface area contributed by atoms with Crippen LogP contribution in [0.2, 0.25) is 0 Å². The molecule has 0 atom stereocenters. The van der Waals surface area contributed by atoms with Gasteiger partial charge < -0.3 is 5.11 Å². The first-order chi connectivity index (χ1) is 7.18. The molecule has 0 fully saturated rings. The van der Waals surface area contributed by atoms with Gasteiger partial charge in [0.2, 0.25) is 0 Å². The molecule has 0 aliphatic carbocycles. The second kappa shape index (κ2) is 4.06. The minimum atomic E-state index is -4.81. The quantitative estimate of drug-likeness (QED) is 0.872. The van der Waals surface area contributed by atoms with E-state index in [9.17, 15) is 21.6 Å². The van der Waals surface area contributed by atoms with Crippen molar-refractivity contribution in [2.75, 3.05) is 6.26 Å². The molecule has 0 amide bonds. The summed E-state index contributed by atoms with van der Waals surface area (Å²) in [5.41, 5.74) is -1.74. The van der Waals surface area contributed by atoms with Crippen molar-refractivity contribution >= 4 is 9.84 Å². The van der Waals surface area contributed by atoms with Crippen LogP contribution in [0.1, 0.15) is 11.1 Å². The Balaban J connectivity index is 3.64. The van der Waals surface area contributed by atoms with Crippen molar-refractivity contribution < 1.29 is 26.7 Å². The number of halogens is 3. The van der Waals surface area contributed by atoms with Crippen LogP contribution in [-0.2, 0) is 22.6 Å². The number of alkyl halides is 3. The van der Waals surface area contributed by atoms with E-state index in [0.717, 1.165) is 18.2 Å². The van der Waals surface area contributed by atoms with Crippen LogP contribution in [0.15, 0.2) is 23.1 Å². The lowest BCUT2D eigenvalue weighted by molar-refractivity contribution is -0.141. The summed E-state index contributed by atoms with van der Waals surface area (Å²) in [6.07, 6.45) is -4.11. The monoisotopic (exact) mass is 254 g/mol. The van der Waals surface area contributed by atoms with Crippen molar-refractivity contribution in [1.29, 1.82) is 0 Å². The van der Waals surface area contributed by atoms with E-state index in [4.69, 9.17) is 5.11 Å². The first kappa shape index (κ1) is 13.0. The third-order valence-electron chi connectivity index (χ3n) is 1.97. The third kappa shape index (κ3) is 2.53. The third-order valence-corrected chi connectivity index (χ3v) is 3.10. The molecular formula is C9H9F3O3S. The Kier molecular flexibility index (Phi) is 3.30. The van der Waals surface area contributed by atoms with Crippen LogP contribution in [0, 0.1) is 0 Å². The minimum absolute atomic E-state index is 0.449. The maximum Gasteiger partial charge on any atom is 0.418 e. The van der Waals surface area contributed by atoms with E-state index in [1.165, 1.54) is 0 Å². The molecule has 1 rings (SSSR count). The van der Waals surface area contributed by atoms with Crippen LogP contribution in [0.25, 0.3) is 0 Å². The first-order valence-corrected chi connectivity index (χ1v) is 6.07. The van der Waals surface area contributed by atoms with Gasteiger partial charge in [0.15, 0.2) is 9.84 Å². The summed E-state index contributed by atoms with van der Waals surface area (Å²) in [7, 11) is -3.98. The Morgan fingerprint density at radius 2 is 1.88 bits per heavy atom. The largest absolute Gasteiger partial charge is 0.418 e. The summed E-state index contributed by atoms with van der Waals surface area (Å²) >= 11 is 0. The van der Waals surface area contributed by atoms with Crippen LogP contribution >= 0.6 is 0 Å². The van der Waals surface area contributed by atoms with Gasteiger partial charge in [-0.2, -0.15) is 13.2 Å². The average molecular weight is 254 g/mol. The Bertz CT molecular complexity index is 491. The zero-order chi connectivity index (χ0) is 12.6. The number of sulfone groups is 1. The fraction of sp³-hybridized carbons (Fsp3) is 0.333. The standard InChI is InChI=1S/C9H9F3O3S/c1-16(14,15)7-4-2-3-6(5-13)8(7)9(10,11)12/h2-4,13H,5H2,1H3. The van der Waals surface area contributed by atoms with E-state index in [1.54, 1.807) is 0 Å². The molecule has 0 bridgehead atoms. The zero-order valence-electron chi connectivity index (χ0n) is 8.25. The Morgan fingerprint density at radius 3 is 2.25 bits per heavy atom. The molecule has 0 unspecified atom stereocenters. The second-order valence-corrected chi connectivity index (χ2v) is 5.20. The van der Waals surface area contributed by atoms with Crippen LogP contribution in [0.4, 0.5) is 13.2 Å². The molecule has 90 valence electrons. The number of aliphatic hydroxyl groups is 1. The van der Waals surface area contributed by atoms with E-state index in [1.807, 2.05) is 0 Å². The number of benzene rings is 1. The van der Waals surface area contributed by atoms with Crippen LogP contribution in [0.5, 0.6) is 0 Å². The predicted octanol–water partition coefficient (Wildman–Crippen LogP) is 1.60. The van der Waals surface area contributed by atoms with Crippen molar-refractivity contribution in [2.24, 2.45) is 0 Å². The van der Waals surface area contributed by atoms with Gasteiger partial charge >= 0.3 is 6.18 Å². The molecule has 0 aromatic heterocycles. The summed E-state index contributed by atoms with van der Waals surface area (Å²) < 4.78 is 60.3. The van der Waals surface area contributed by atoms with Crippen LogP contribution in [-0.4, -0.2) is 19.8 Å². The second-order valence-electron chi connectivity index (χ2n) is 3.22. The normalized spacial score (nSPS) is 12.8. The van der Waals surface area contributed by atoms with E-state index < -0.39 is 38.6 Å². The van der Waals surface area contributed by atoms with Crippen LogP contribution in [0.3, 0.4) is 0 Å². The molecule has 3 nitrogen and oxygen atoms in total. The fourth-order valence-electron chi connectivity index (χ4n) is 1.34. The van der Waals surface area contributed by atoms with Crippen molar-refractivity contribution in [3.05, 3.63) is 29.3 Å². The molecule has 1 aromatic carbocycles. The number of aliphatic hydroxyl groups excluding tert-OH is 1. The Labute approximate surface area is 90.4 Å². The highest BCUT2D eigenvalue weighted by Gasteiger charge is 2.38. The Hall–Kier alpha value is -1.08. The molecule has 1 N–H and O–H groups in total. The molecule has 0 saturated heterocycles. The molecule has 7 heteroatoms. The van der Waals surface area contributed by atoms with Gasteiger partial charge in [0, 0.05) is 6.26 Å². The van der Waals surface area contributed by atoms with Gasteiger partial charge in [0.05, 0.1) is 17.1 Å². The maximum atomic E-state index is 12.7. The van der Waals surface area contributed by atoms with Gasteiger partial charge in [-0.1, -0.05) is 12.1 Å². The summed E-state index contributed by atoms with van der Waals surface area (Å²) in [4.78, 5) is -0.813. The van der Waals surface area contributed by atoms with E-state index in [2.05, 4.69) is 0 Å². The molecule has 16 heavy (non-hydrogen) atoms. The summed E-state index contributed by atoms with van der Waals surface area (Å²) in [6.45, 7) is -0.863. The molecule has 0 aliphatic rings. The lowest BCUT2D eigenvalue weighted by Gasteiger charge is -2.14. The smallest absolute Gasteiger partial charge is 0.392 e. The molecule has 0 radical (unpaired) electrons. The van der Waals surface area contributed by atoms with E-state index >= 15 is 0 Å². The number of hydrogen-bond donors (Lipinski definition) is 1. The van der Waals surface area contributed by atoms with Crippen molar-refractivity contribution in [2.45, 2.75) is 17.7 Å². The van der Waals surface area contributed by atoms with Gasteiger partial charge in [-0.25, -0.2) is 8.42 Å². The average Bonchev–Trinajstić information content (AvgIpc) is 2.13.